The molecule has 1 aromatic heterocycles. The van der Waals surface area contributed by atoms with E-state index in [1.807, 2.05) is 4.90 Å². The average Bonchev–Trinajstić information content (AvgIpc) is 2.83. The first-order valence-electron chi connectivity index (χ1n) is 6.36. The zero-order chi connectivity index (χ0) is 15.6. The van der Waals surface area contributed by atoms with Crippen molar-refractivity contribution in [2.75, 3.05) is 32.7 Å². The quantitative estimate of drug-likeness (QED) is 0.823. The van der Waals surface area contributed by atoms with Gasteiger partial charge in [0.15, 0.2) is 0 Å². The van der Waals surface area contributed by atoms with Crippen LogP contribution in [-0.4, -0.2) is 61.4 Å². The highest BCUT2D eigenvalue weighted by atomic mass is 32.2. The molecular formula is C13H16N2O4S2. The summed E-state index contributed by atoms with van der Waals surface area (Å²) in [5.74, 6) is 1.43. The van der Waals surface area contributed by atoms with Crippen LogP contribution in [0.25, 0.3) is 0 Å². The predicted molar refractivity (Wildman–Crippen MR) is 80.0 cm³/mol. The molecule has 0 spiro atoms. The van der Waals surface area contributed by atoms with Gasteiger partial charge in [-0.3, -0.25) is 4.90 Å². The van der Waals surface area contributed by atoms with Crippen LogP contribution in [0.2, 0.25) is 0 Å². The smallest absolute Gasteiger partial charge is 0.345 e. The van der Waals surface area contributed by atoms with E-state index in [-0.39, 0.29) is 9.77 Å². The number of aromatic carboxylic acids is 1. The molecule has 2 heterocycles. The minimum atomic E-state index is -3.64. The second-order valence-corrected chi connectivity index (χ2v) is 7.88. The van der Waals surface area contributed by atoms with Crippen LogP contribution >= 0.6 is 11.3 Å². The van der Waals surface area contributed by atoms with Crippen molar-refractivity contribution in [2.45, 2.75) is 11.8 Å². The summed E-state index contributed by atoms with van der Waals surface area (Å²) in [4.78, 5) is 13.6. The molecule has 0 atom stereocenters. The van der Waals surface area contributed by atoms with E-state index in [4.69, 9.17) is 11.5 Å². The first-order valence-corrected chi connectivity index (χ1v) is 8.61. The van der Waals surface area contributed by atoms with E-state index in [0.717, 1.165) is 11.3 Å². The maximum absolute atomic E-state index is 12.6. The third-order valence-electron chi connectivity index (χ3n) is 3.35. The molecule has 1 aliphatic rings. The number of nitrogens with zero attached hydrogens (tertiary/aromatic N) is 2. The first-order chi connectivity index (χ1) is 9.86. The van der Waals surface area contributed by atoms with Crippen molar-refractivity contribution in [3.05, 3.63) is 15.8 Å². The molecule has 1 saturated heterocycles. The molecule has 0 bridgehead atoms. The normalized spacial score (nSPS) is 17.5. The molecule has 8 heteroatoms. The van der Waals surface area contributed by atoms with Crippen molar-refractivity contribution >= 4 is 27.3 Å². The third-order valence-corrected chi connectivity index (χ3v) is 6.54. The van der Waals surface area contributed by atoms with Crippen molar-refractivity contribution in [2.24, 2.45) is 0 Å². The predicted octanol–water partition coefficient (Wildman–Crippen LogP) is 0.694. The number of carbonyl (C=O) groups is 1. The van der Waals surface area contributed by atoms with E-state index in [2.05, 4.69) is 5.92 Å². The Hall–Kier alpha value is -1.40. The largest absolute Gasteiger partial charge is 0.477 e. The number of rotatable bonds is 4. The standard InChI is InChI=1S/C13H16N2O4S2/c1-3-4-14-5-7-15(8-6-14)21(18,19)12-9-11(13(16)17)20-10(12)2/h1,9H,4-8H2,2H3,(H,16,17). The molecular weight excluding hydrogens is 312 g/mol. The first kappa shape index (κ1) is 16.0. The van der Waals surface area contributed by atoms with Crippen LogP contribution in [0.4, 0.5) is 0 Å². The van der Waals surface area contributed by atoms with Gasteiger partial charge in [0.1, 0.15) is 4.88 Å². The second kappa shape index (κ2) is 6.15. The number of aryl methyl sites for hydroxylation is 1. The van der Waals surface area contributed by atoms with Gasteiger partial charge in [-0.1, -0.05) is 5.92 Å². The summed E-state index contributed by atoms with van der Waals surface area (Å²) in [7, 11) is -3.64. The molecule has 1 N–H and O–H groups in total. The molecule has 6 nitrogen and oxygen atoms in total. The van der Waals surface area contributed by atoms with Gasteiger partial charge >= 0.3 is 5.97 Å². The number of sulfonamides is 1. The van der Waals surface area contributed by atoms with Gasteiger partial charge in [-0.05, 0) is 13.0 Å². The van der Waals surface area contributed by atoms with Crippen molar-refractivity contribution in [3.63, 3.8) is 0 Å². The van der Waals surface area contributed by atoms with E-state index >= 15 is 0 Å². The SMILES string of the molecule is C#CCN1CCN(S(=O)(=O)c2cc(C(=O)O)sc2C)CC1. The lowest BCUT2D eigenvalue weighted by Gasteiger charge is -2.32. The van der Waals surface area contributed by atoms with Gasteiger partial charge in [0.25, 0.3) is 0 Å². The molecule has 2 rings (SSSR count). The Kier molecular flexibility index (Phi) is 4.68. The van der Waals surface area contributed by atoms with E-state index in [1.165, 1.54) is 10.4 Å². The monoisotopic (exact) mass is 328 g/mol. The number of carboxylic acids is 1. The van der Waals surface area contributed by atoms with Gasteiger partial charge in [0.05, 0.1) is 11.4 Å². The Bertz CT molecular complexity index is 680. The molecule has 21 heavy (non-hydrogen) atoms. The summed E-state index contributed by atoms with van der Waals surface area (Å²) in [6, 6.07) is 1.24. The van der Waals surface area contributed by atoms with Crippen LogP contribution < -0.4 is 0 Å². The Balaban J connectivity index is 2.20. The lowest BCUT2D eigenvalue weighted by Crippen LogP contribution is -2.48. The molecule has 114 valence electrons. The zero-order valence-electron chi connectivity index (χ0n) is 11.6. The Morgan fingerprint density at radius 3 is 2.52 bits per heavy atom. The maximum atomic E-state index is 12.6. The fraction of sp³-hybridized carbons (Fsp3) is 0.462. The highest BCUT2D eigenvalue weighted by Crippen LogP contribution is 2.28. The molecule has 0 saturated carbocycles. The van der Waals surface area contributed by atoms with Crippen LogP contribution in [0.15, 0.2) is 11.0 Å². The van der Waals surface area contributed by atoms with Gasteiger partial charge in [-0.15, -0.1) is 17.8 Å². The van der Waals surface area contributed by atoms with Crippen LogP contribution in [0, 0.1) is 19.3 Å². The van der Waals surface area contributed by atoms with Crippen LogP contribution in [0.3, 0.4) is 0 Å². The number of terminal acetylenes is 1. The third kappa shape index (κ3) is 3.27. The molecule has 0 aliphatic carbocycles. The van der Waals surface area contributed by atoms with Gasteiger partial charge in [0, 0.05) is 31.1 Å². The fourth-order valence-electron chi connectivity index (χ4n) is 2.22. The molecule has 1 fully saturated rings. The molecule has 0 amide bonds. The highest BCUT2D eigenvalue weighted by molar-refractivity contribution is 7.89. The molecule has 1 aromatic rings. The van der Waals surface area contributed by atoms with E-state index in [1.54, 1.807) is 6.92 Å². The van der Waals surface area contributed by atoms with Crippen molar-refractivity contribution in [3.8, 4) is 12.3 Å². The van der Waals surface area contributed by atoms with E-state index in [9.17, 15) is 13.2 Å². The van der Waals surface area contributed by atoms with Crippen LogP contribution in [0.1, 0.15) is 14.5 Å². The Labute approximate surface area is 128 Å². The zero-order valence-corrected chi connectivity index (χ0v) is 13.2. The van der Waals surface area contributed by atoms with Crippen molar-refractivity contribution in [1.82, 2.24) is 9.21 Å². The Morgan fingerprint density at radius 1 is 1.43 bits per heavy atom. The summed E-state index contributed by atoms with van der Waals surface area (Å²) >= 11 is 0.980. The summed E-state index contributed by atoms with van der Waals surface area (Å²) in [6.45, 7) is 4.02. The molecule has 0 unspecified atom stereocenters. The minimum absolute atomic E-state index is 0.0389. The topological polar surface area (TPSA) is 77.9 Å². The van der Waals surface area contributed by atoms with Gasteiger partial charge in [0.2, 0.25) is 10.0 Å². The maximum Gasteiger partial charge on any atom is 0.345 e. The summed E-state index contributed by atoms with van der Waals surface area (Å²) in [5.41, 5.74) is 0. The lowest BCUT2D eigenvalue weighted by molar-refractivity contribution is 0.0702. The van der Waals surface area contributed by atoms with Crippen molar-refractivity contribution < 1.29 is 18.3 Å². The number of thiophene rings is 1. The number of carboxylic acid groups (broad SMARTS) is 1. The minimum Gasteiger partial charge on any atom is -0.477 e. The van der Waals surface area contributed by atoms with Crippen LogP contribution in [0.5, 0.6) is 0 Å². The second-order valence-electron chi connectivity index (χ2n) is 4.72. The number of hydrogen-bond acceptors (Lipinski definition) is 5. The van der Waals surface area contributed by atoms with E-state index in [0.29, 0.717) is 37.6 Å². The molecule has 0 radical (unpaired) electrons. The average molecular weight is 328 g/mol. The highest BCUT2D eigenvalue weighted by Gasteiger charge is 2.31. The summed E-state index contributed by atoms with van der Waals surface area (Å²) < 4.78 is 26.6. The lowest BCUT2D eigenvalue weighted by atomic mass is 10.3. The van der Waals surface area contributed by atoms with Gasteiger partial charge < -0.3 is 5.11 Å². The fourth-order valence-corrected chi connectivity index (χ4v) is 5.04. The molecule has 0 aromatic carbocycles. The Morgan fingerprint density at radius 2 is 2.05 bits per heavy atom. The number of hydrogen-bond donors (Lipinski definition) is 1. The summed E-state index contributed by atoms with van der Waals surface area (Å²) in [5, 5.41) is 8.97. The van der Waals surface area contributed by atoms with Gasteiger partial charge in [-0.2, -0.15) is 4.31 Å². The van der Waals surface area contributed by atoms with Gasteiger partial charge in [-0.25, -0.2) is 13.2 Å². The van der Waals surface area contributed by atoms with Crippen molar-refractivity contribution in [1.29, 1.82) is 0 Å². The van der Waals surface area contributed by atoms with E-state index < -0.39 is 16.0 Å². The summed E-state index contributed by atoms with van der Waals surface area (Å²) in [6.07, 6.45) is 5.24. The van der Waals surface area contributed by atoms with Crippen LogP contribution in [-0.2, 0) is 10.0 Å². The molecule has 1 aliphatic heterocycles. The number of piperazine rings is 1.